The fourth-order valence-corrected chi connectivity index (χ4v) is 4.51. The Labute approximate surface area is 158 Å². The van der Waals surface area contributed by atoms with Crippen LogP contribution in [0.15, 0.2) is 30.6 Å². The molecule has 1 atom stereocenters. The maximum atomic E-state index is 13.4. The quantitative estimate of drug-likeness (QED) is 0.856. The number of aliphatic hydroxyl groups excluding tert-OH is 1. The van der Waals surface area contributed by atoms with Gasteiger partial charge in [-0.1, -0.05) is 12.8 Å². The van der Waals surface area contributed by atoms with E-state index in [4.69, 9.17) is 4.74 Å². The summed E-state index contributed by atoms with van der Waals surface area (Å²) in [5, 5.41) is 13.6. The maximum absolute atomic E-state index is 13.4. The molecule has 6 nitrogen and oxygen atoms in total. The van der Waals surface area contributed by atoms with E-state index < -0.39 is 0 Å². The van der Waals surface area contributed by atoms with Gasteiger partial charge in [-0.05, 0) is 36.8 Å². The molecule has 1 spiro atoms. The fourth-order valence-electron chi connectivity index (χ4n) is 4.51. The minimum atomic E-state index is -0.357. The second kappa shape index (κ2) is 7.31. The predicted octanol–water partition coefficient (Wildman–Crippen LogP) is 3.50. The van der Waals surface area contributed by atoms with Gasteiger partial charge in [0.15, 0.2) is 0 Å². The number of hydrogen-bond donors (Lipinski definition) is 2. The fraction of sp³-hybridized carbons (Fsp3) is 0.500. The number of nitrogens with one attached hydrogen (secondary N) is 1. The van der Waals surface area contributed by atoms with Crippen molar-refractivity contribution in [1.29, 1.82) is 0 Å². The van der Waals surface area contributed by atoms with E-state index in [2.05, 4.69) is 20.2 Å². The van der Waals surface area contributed by atoms with Gasteiger partial charge >= 0.3 is 0 Å². The molecular weight excluding hydrogens is 347 g/mol. The van der Waals surface area contributed by atoms with E-state index in [-0.39, 0.29) is 17.3 Å². The molecule has 2 aliphatic rings. The predicted molar refractivity (Wildman–Crippen MR) is 102 cm³/mol. The van der Waals surface area contributed by atoms with Crippen LogP contribution in [-0.2, 0) is 0 Å². The molecule has 2 aromatic rings. The Morgan fingerprint density at radius 1 is 1.26 bits per heavy atom. The minimum Gasteiger partial charge on any atom is -0.494 e. The Hall–Kier alpha value is -2.41. The highest BCUT2D eigenvalue weighted by molar-refractivity contribution is 5.65. The van der Waals surface area contributed by atoms with Crippen molar-refractivity contribution in [2.24, 2.45) is 5.41 Å². The molecule has 2 heterocycles. The lowest BCUT2D eigenvalue weighted by atomic mass is 9.77. The van der Waals surface area contributed by atoms with Gasteiger partial charge in [0.25, 0.3) is 0 Å². The number of ether oxygens (including phenoxy) is 1. The number of nitrogens with zero attached hydrogens (tertiary/aromatic N) is 3. The molecule has 1 aliphatic heterocycles. The smallest absolute Gasteiger partial charge is 0.145 e. The lowest BCUT2D eigenvalue weighted by molar-refractivity contribution is 0.0790. The molecular formula is C20H25FN4O2. The van der Waals surface area contributed by atoms with Crippen LogP contribution >= 0.6 is 0 Å². The zero-order chi connectivity index (χ0) is 18.9. The van der Waals surface area contributed by atoms with E-state index in [1.165, 1.54) is 51.3 Å². The number of benzene rings is 1. The molecule has 0 amide bonds. The van der Waals surface area contributed by atoms with Gasteiger partial charge in [0.1, 0.15) is 29.5 Å². The molecule has 2 N–H and O–H groups in total. The molecule has 1 saturated heterocycles. The third kappa shape index (κ3) is 3.83. The van der Waals surface area contributed by atoms with Gasteiger partial charge in [-0.15, -0.1) is 0 Å². The van der Waals surface area contributed by atoms with Crippen LogP contribution in [0.25, 0.3) is 0 Å². The summed E-state index contributed by atoms with van der Waals surface area (Å²) in [5.41, 5.74) is 0.839. The van der Waals surface area contributed by atoms with Crippen molar-refractivity contribution in [2.75, 3.05) is 30.4 Å². The molecule has 1 aliphatic carbocycles. The number of hydrogen-bond acceptors (Lipinski definition) is 6. The number of rotatable bonds is 4. The molecule has 0 radical (unpaired) electrons. The summed E-state index contributed by atoms with van der Waals surface area (Å²) < 4.78 is 18.6. The zero-order valence-corrected chi connectivity index (χ0v) is 15.5. The first-order chi connectivity index (χ1) is 13.1. The number of piperidine rings is 1. The van der Waals surface area contributed by atoms with Crippen molar-refractivity contribution >= 4 is 17.3 Å². The van der Waals surface area contributed by atoms with Crippen LogP contribution in [-0.4, -0.2) is 41.4 Å². The van der Waals surface area contributed by atoms with Gasteiger partial charge in [0, 0.05) is 25.2 Å². The Morgan fingerprint density at radius 2 is 2.07 bits per heavy atom. The van der Waals surface area contributed by atoms with Crippen LogP contribution in [0.2, 0.25) is 0 Å². The van der Waals surface area contributed by atoms with Crippen LogP contribution in [0.5, 0.6) is 5.75 Å². The second-order valence-electron chi connectivity index (χ2n) is 7.68. The minimum absolute atomic E-state index is 0.205. The molecule has 1 unspecified atom stereocenters. The van der Waals surface area contributed by atoms with Crippen molar-refractivity contribution in [3.05, 3.63) is 36.4 Å². The van der Waals surface area contributed by atoms with Crippen LogP contribution in [0.3, 0.4) is 0 Å². The number of anilines is 3. The van der Waals surface area contributed by atoms with E-state index in [0.717, 1.165) is 18.8 Å². The average Bonchev–Trinajstić information content (AvgIpc) is 3.10. The second-order valence-corrected chi connectivity index (χ2v) is 7.68. The first-order valence-electron chi connectivity index (χ1n) is 9.43. The van der Waals surface area contributed by atoms with Gasteiger partial charge in [0.2, 0.25) is 0 Å². The molecule has 0 bridgehead atoms. The van der Waals surface area contributed by atoms with Crippen molar-refractivity contribution in [3.63, 3.8) is 0 Å². The number of methoxy groups -OCH3 is 1. The van der Waals surface area contributed by atoms with Crippen molar-refractivity contribution in [2.45, 2.75) is 38.2 Å². The molecule has 144 valence electrons. The standard InChI is InChI=1S/C20H25FN4O2/c1-27-17-8-14(21)4-5-16(17)24-18-9-19(23-13-22-18)25-11-15(26)10-20(12-25)6-2-3-7-20/h4-5,8-9,13,15,26H,2-3,6-7,10-12H2,1H3,(H,22,23,24). The van der Waals surface area contributed by atoms with Crippen molar-refractivity contribution in [3.8, 4) is 5.75 Å². The molecule has 1 aromatic heterocycles. The molecule has 1 aromatic carbocycles. The number of halogens is 1. The molecule has 4 rings (SSSR count). The zero-order valence-electron chi connectivity index (χ0n) is 15.5. The largest absolute Gasteiger partial charge is 0.494 e. The highest BCUT2D eigenvalue weighted by atomic mass is 19.1. The van der Waals surface area contributed by atoms with E-state index in [0.29, 0.717) is 23.8 Å². The summed E-state index contributed by atoms with van der Waals surface area (Å²) in [6.45, 7) is 1.50. The van der Waals surface area contributed by atoms with Crippen LogP contribution < -0.4 is 15.0 Å². The highest BCUT2D eigenvalue weighted by Gasteiger charge is 2.41. The molecule has 27 heavy (non-hydrogen) atoms. The summed E-state index contributed by atoms with van der Waals surface area (Å²) in [7, 11) is 1.50. The molecule has 2 fully saturated rings. The van der Waals surface area contributed by atoms with Crippen LogP contribution in [0.1, 0.15) is 32.1 Å². The first kappa shape index (κ1) is 18.0. The first-order valence-corrected chi connectivity index (χ1v) is 9.43. The van der Waals surface area contributed by atoms with Crippen LogP contribution in [0.4, 0.5) is 21.7 Å². The Balaban J connectivity index is 1.56. The monoisotopic (exact) mass is 372 g/mol. The van der Waals surface area contributed by atoms with E-state index in [1.807, 2.05) is 6.07 Å². The summed E-state index contributed by atoms with van der Waals surface area (Å²) in [5.74, 6) is 1.45. The Bertz CT molecular complexity index is 810. The van der Waals surface area contributed by atoms with Gasteiger partial charge < -0.3 is 20.1 Å². The lowest BCUT2D eigenvalue weighted by Crippen LogP contribution is -2.49. The van der Waals surface area contributed by atoms with Crippen molar-refractivity contribution < 1.29 is 14.2 Å². The van der Waals surface area contributed by atoms with Gasteiger partial charge in [-0.2, -0.15) is 0 Å². The van der Waals surface area contributed by atoms with E-state index >= 15 is 0 Å². The third-order valence-electron chi connectivity index (χ3n) is 5.69. The summed E-state index contributed by atoms with van der Waals surface area (Å²) in [6, 6.07) is 6.19. The summed E-state index contributed by atoms with van der Waals surface area (Å²) in [6.07, 6.45) is 6.87. The summed E-state index contributed by atoms with van der Waals surface area (Å²) >= 11 is 0. The SMILES string of the molecule is COc1cc(F)ccc1Nc1cc(N2CC(O)CC3(CCCC3)C2)ncn1. The Morgan fingerprint density at radius 3 is 2.85 bits per heavy atom. The number of aliphatic hydroxyl groups is 1. The normalized spacial score (nSPS) is 21.4. The summed E-state index contributed by atoms with van der Waals surface area (Å²) in [4.78, 5) is 10.9. The van der Waals surface area contributed by atoms with Gasteiger partial charge in [-0.25, -0.2) is 14.4 Å². The van der Waals surface area contributed by atoms with E-state index in [1.54, 1.807) is 6.07 Å². The molecule has 1 saturated carbocycles. The highest BCUT2D eigenvalue weighted by Crippen LogP contribution is 2.45. The molecule has 7 heteroatoms. The lowest BCUT2D eigenvalue weighted by Gasteiger charge is -2.43. The number of aromatic nitrogens is 2. The van der Waals surface area contributed by atoms with Gasteiger partial charge in [-0.3, -0.25) is 0 Å². The topological polar surface area (TPSA) is 70.5 Å². The van der Waals surface area contributed by atoms with Gasteiger partial charge in [0.05, 0.1) is 18.9 Å². The third-order valence-corrected chi connectivity index (χ3v) is 5.69. The Kier molecular flexibility index (Phi) is 4.86. The van der Waals surface area contributed by atoms with Crippen LogP contribution in [0, 0.1) is 11.2 Å². The van der Waals surface area contributed by atoms with Crippen molar-refractivity contribution in [1.82, 2.24) is 9.97 Å². The number of β-amino-alcohol motifs (C(OH)–C–C–N with tert-alkyl or cyclic N) is 1. The van der Waals surface area contributed by atoms with E-state index in [9.17, 15) is 9.50 Å². The average molecular weight is 372 g/mol. The maximum Gasteiger partial charge on any atom is 0.145 e.